The van der Waals surface area contributed by atoms with E-state index in [0.717, 1.165) is 42.8 Å². The summed E-state index contributed by atoms with van der Waals surface area (Å²) in [6, 6.07) is 7.46. The molecule has 1 fully saturated rings. The van der Waals surface area contributed by atoms with Crippen molar-refractivity contribution in [2.75, 3.05) is 11.9 Å². The molecule has 1 amide bonds. The highest BCUT2D eigenvalue weighted by Gasteiger charge is 2.34. The number of nitrogens with one attached hydrogen (secondary N) is 1. The van der Waals surface area contributed by atoms with Gasteiger partial charge in [0.2, 0.25) is 11.9 Å². The maximum Gasteiger partial charge on any atom is 0.227 e. The number of hydrogen-bond donors (Lipinski definition) is 1. The fraction of sp³-hybridized carbons (Fsp3) is 0.353. The van der Waals surface area contributed by atoms with Crippen molar-refractivity contribution in [3.63, 3.8) is 0 Å². The van der Waals surface area contributed by atoms with Gasteiger partial charge >= 0.3 is 0 Å². The van der Waals surface area contributed by atoms with Gasteiger partial charge in [0.15, 0.2) is 0 Å². The number of carbonyl (C=O) groups is 1. The van der Waals surface area contributed by atoms with Crippen LogP contribution >= 0.6 is 11.6 Å². The van der Waals surface area contributed by atoms with Gasteiger partial charge in [-0.3, -0.25) is 4.79 Å². The third-order valence-corrected chi connectivity index (χ3v) is 4.49. The molecule has 23 heavy (non-hydrogen) atoms. The van der Waals surface area contributed by atoms with Crippen LogP contribution in [0.1, 0.15) is 24.1 Å². The molecule has 5 nitrogen and oxygen atoms in total. The van der Waals surface area contributed by atoms with Crippen LogP contribution in [0.3, 0.4) is 0 Å². The van der Waals surface area contributed by atoms with Crippen molar-refractivity contribution >= 4 is 29.1 Å². The van der Waals surface area contributed by atoms with Gasteiger partial charge in [0.1, 0.15) is 0 Å². The molecule has 0 unspecified atom stereocenters. The van der Waals surface area contributed by atoms with E-state index in [-0.39, 0.29) is 11.8 Å². The quantitative estimate of drug-likeness (QED) is 0.940. The first-order chi connectivity index (χ1) is 11.2. The second-order valence-electron chi connectivity index (χ2n) is 6.08. The minimum Gasteiger partial charge on any atom is -0.338 e. The fourth-order valence-electron chi connectivity index (χ4n) is 2.85. The van der Waals surface area contributed by atoms with Crippen LogP contribution in [0.4, 0.5) is 11.6 Å². The Labute approximate surface area is 139 Å². The Hall–Kier alpha value is -2.14. The first-order valence-electron chi connectivity index (χ1n) is 7.85. The van der Waals surface area contributed by atoms with Crippen LogP contribution in [0.5, 0.6) is 0 Å². The monoisotopic (exact) mass is 328 g/mol. The van der Waals surface area contributed by atoms with Crippen LogP contribution in [0.2, 0.25) is 5.02 Å². The number of hydrogen-bond acceptors (Lipinski definition) is 4. The van der Waals surface area contributed by atoms with Gasteiger partial charge in [0, 0.05) is 47.9 Å². The van der Waals surface area contributed by atoms with Crippen molar-refractivity contribution in [1.82, 2.24) is 14.9 Å². The Kier molecular flexibility index (Phi) is 3.65. The molecule has 0 bridgehead atoms. The largest absolute Gasteiger partial charge is 0.338 e. The van der Waals surface area contributed by atoms with Crippen molar-refractivity contribution in [1.29, 1.82) is 0 Å². The zero-order chi connectivity index (χ0) is 15.8. The SMILES string of the molecule is O=C(C1CC1)N1CCc2nc(Nc3cccc(Cl)c3)ncc2C1. The van der Waals surface area contributed by atoms with E-state index >= 15 is 0 Å². The predicted octanol–water partition coefficient (Wildman–Crippen LogP) is 3.17. The highest BCUT2D eigenvalue weighted by Crippen LogP contribution is 2.32. The number of carbonyl (C=O) groups excluding carboxylic acids is 1. The predicted molar refractivity (Wildman–Crippen MR) is 88.6 cm³/mol. The highest BCUT2D eigenvalue weighted by atomic mass is 35.5. The van der Waals surface area contributed by atoms with Crippen LogP contribution in [0.15, 0.2) is 30.5 Å². The second kappa shape index (κ2) is 5.81. The maximum absolute atomic E-state index is 12.2. The lowest BCUT2D eigenvalue weighted by Crippen LogP contribution is -2.37. The molecule has 2 aliphatic rings. The molecule has 1 saturated carbocycles. The van der Waals surface area contributed by atoms with Gasteiger partial charge in [-0.1, -0.05) is 17.7 Å². The van der Waals surface area contributed by atoms with E-state index < -0.39 is 0 Å². The van der Waals surface area contributed by atoms with Gasteiger partial charge in [-0.2, -0.15) is 0 Å². The minimum atomic E-state index is 0.265. The van der Waals surface area contributed by atoms with Gasteiger partial charge in [-0.05, 0) is 31.0 Å². The Balaban J connectivity index is 1.50. The van der Waals surface area contributed by atoms with Crippen LogP contribution < -0.4 is 5.32 Å². The van der Waals surface area contributed by atoms with Crippen LogP contribution in [0.25, 0.3) is 0 Å². The molecule has 6 heteroatoms. The molecule has 4 rings (SSSR count). The molecule has 2 aromatic rings. The topological polar surface area (TPSA) is 58.1 Å². The summed E-state index contributed by atoms with van der Waals surface area (Å²) in [7, 11) is 0. The normalized spacial score (nSPS) is 16.8. The average molecular weight is 329 g/mol. The van der Waals surface area contributed by atoms with Gasteiger partial charge in [-0.15, -0.1) is 0 Å². The fourth-order valence-corrected chi connectivity index (χ4v) is 3.04. The van der Waals surface area contributed by atoms with E-state index in [1.807, 2.05) is 35.4 Å². The van der Waals surface area contributed by atoms with Crippen molar-refractivity contribution in [3.8, 4) is 0 Å². The lowest BCUT2D eigenvalue weighted by Gasteiger charge is -2.28. The van der Waals surface area contributed by atoms with E-state index in [1.165, 1.54) is 0 Å². The molecule has 0 spiro atoms. The molecule has 1 aliphatic carbocycles. The van der Waals surface area contributed by atoms with E-state index in [2.05, 4.69) is 15.3 Å². The number of nitrogens with zero attached hydrogens (tertiary/aromatic N) is 3. The molecular weight excluding hydrogens is 312 g/mol. The van der Waals surface area contributed by atoms with E-state index in [9.17, 15) is 4.79 Å². The molecule has 0 atom stereocenters. The molecule has 0 saturated heterocycles. The highest BCUT2D eigenvalue weighted by molar-refractivity contribution is 6.30. The average Bonchev–Trinajstić information content (AvgIpc) is 3.38. The Morgan fingerprint density at radius 2 is 2.22 bits per heavy atom. The van der Waals surface area contributed by atoms with E-state index in [1.54, 1.807) is 0 Å². The molecular formula is C17H17ClN4O. The van der Waals surface area contributed by atoms with Crippen molar-refractivity contribution in [2.45, 2.75) is 25.8 Å². The number of amides is 1. The smallest absolute Gasteiger partial charge is 0.227 e. The number of halogens is 1. The zero-order valence-corrected chi connectivity index (χ0v) is 13.4. The standard InChI is InChI=1S/C17H17ClN4O/c18-13-2-1-3-14(8-13)20-17-19-9-12-10-22(7-6-15(12)21-17)16(23)11-4-5-11/h1-3,8-9,11H,4-7,10H2,(H,19,20,21). The van der Waals surface area contributed by atoms with E-state index in [4.69, 9.17) is 11.6 Å². The summed E-state index contributed by atoms with van der Waals surface area (Å²) in [6.07, 6.45) is 4.68. The van der Waals surface area contributed by atoms with Gasteiger partial charge in [0.25, 0.3) is 0 Å². The summed E-state index contributed by atoms with van der Waals surface area (Å²) in [4.78, 5) is 23.1. The number of rotatable bonds is 3. The molecule has 1 aromatic heterocycles. The molecule has 0 radical (unpaired) electrons. The molecule has 118 valence electrons. The second-order valence-corrected chi connectivity index (χ2v) is 6.52. The lowest BCUT2D eigenvalue weighted by atomic mass is 10.1. The molecule has 2 heterocycles. The Morgan fingerprint density at radius 1 is 1.35 bits per heavy atom. The maximum atomic E-state index is 12.2. The first-order valence-corrected chi connectivity index (χ1v) is 8.23. The summed E-state index contributed by atoms with van der Waals surface area (Å²) in [6.45, 7) is 1.37. The summed E-state index contributed by atoms with van der Waals surface area (Å²) in [5.74, 6) is 1.12. The van der Waals surface area contributed by atoms with Gasteiger partial charge in [-0.25, -0.2) is 9.97 Å². The summed E-state index contributed by atoms with van der Waals surface area (Å²) >= 11 is 5.98. The summed E-state index contributed by atoms with van der Waals surface area (Å²) < 4.78 is 0. The first kappa shape index (κ1) is 14.5. The molecule has 1 N–H and O–H groups in total. The lowest BCUT2D eigenvalue weighted by molar-refractivity contribution is -0.133. The Bertz CT molecular complexity index is 760. The summed E-state index contributed by atoms with van der Waals surface area (Å²) in [5.41, 5.74) is 2.92. The van der Waals surface area contributed by atoms with Crippen molar-refractivity contribution < 1.29 is 4.79 Å². The van der Waals surface area contributed by atoms with Crippen LogP contribution in [-0.4, -0.2) is 27.3 Å². The number of aromatic nitrogens is 2. The summed E-state index contributed by atoms with van der Waals surface area (Å²) in [5, 5.41) is 3.84. The molecule has 1 aromatic carbocycles. The number of benzene rings is 1. The molecule has 1 aliphatic heterocycles. The van der Waals surface area contributed by atoms with E-state index in [0.29, 0.717) is 17.5 Å². The number of anilines is 2. The van der Waals surface area contributed by atoms with Gasteiger partial charge in [0.05, 0.1) is 5.69 Å². The number of fused-ring (bicyclic) bond motifs is 1. The van der Waals surface area contributed by atoms with Crippen molar-refractivity contribution in [2.24, 2.45) is 5.92 Å². The Morgan fingerprint density at radius 3 is 3.00 bits per heavy atom. The van der Waals surface area contributed by atoms with Gasteiger partial charge < -0.3 is 10.2 Å². The zero-order valence-electron chi connectivity index (χ0n) is 12.6. The minimum absolute atomic E-state index is 0.265. The third-order valence-electron chi connectivity index (χ3n) is 4.25. The van der Waals surface area contributed by atoms with Crippen molar-refractivity contribution in [3.05, 3.63) is 46.7 Å². The van der Waals surface area contributed by atoms with Crippen LogP contribution in [0, 0.1) is 5.92 Å². The third kappa shape index (κ3) is 3.15. The van der Waals surface area contributed by atoms with Crippen LogP contribution in [-0.2, 0) is 17.8 Å².